The number of unbranched alkanes of at least 4 members (excludes halogenated alkanes) is 1. The average molecular weight is 527 g/mol. The summed E-state index contributed by atoms with van der Waals surface area (Å²) in [6, 6.07) is 0. The molecule has 37 heavy (non-hydrogen) atoms. The van der Waals surface area contributed by atoms with Crippen LogP contribution in [0.2, 0.25) is 0 Å². The third kappa shape index (κ3) is 10.6. The third-order valence-corrected chi connectivity index (χ3v) is 6.41. The number of hydrogen-bond donors (Lipinski definition) is 3. The van der Waals surface area contributed by atoms with E-state index in [1.54, 1.807) is 21.6 Å². The van der Waals surface area contributed by atoms with Crippen molar-refractivity contribution < 1.29 is 34.4 Å². The number of carbonyl (C=O) groups is 3. The minimum absolute atomic E-state index is 0.162. The molecule has 0 atom stereocenters. The molecule has 0 unspecified atom stereocenters. The minimum Gasteiger partial charge on any atom is -0.489 e. The molecular weight excluding hydrogens is 488 g/mol. The Hall–Kier alpha value is -2.87. The summed E-state index contributed by atoms with van der Waals surface area (Å²) in [4.78, 5) is 64.9. The summed E-state index contributed by atoms with van der Waals surface area (Å²) in [6.45, 7) is 5.67. The van der Waals surface area contributed by atoms with Gasteiger partial charge in [0, 0.05) is 57.9 Å². The first-order chi connectivity index (χ1) is 17.6. The molecule has 3 N–H and O–H groups in total. The normalized spacial score (nSPS) is 17.8. The first-order valence-corrected chi connectivity index (χ1v) is 12.6. The molecule has 2 rings (SSSR count). The van der Waals surface area contributed by atoms with E-state index >= 15 is 0 Å². The molecular formula is C24H38N4O9. The van der Waals surface area contributed by atoms with Gasteiger partial charge in [0.1, 0.15) is 0 Å². The van der Waals surface area contributed by atoms with Crippen LogP contribution in [0.25, 0.3) is 0 Å². The van der Waals surface area contributed by atoms with E-state index in [0.29, 0.717) is 83.9 Å². The Kier molecular flexibility index (Phi) is 12.6. The Balaban J connectivity index is 2.02. The molecule has 0 bridgehead atoms. The zero-order chi connectivity index (χ0) is 27.4. The minimum atomic E-state index is -0.995. The highest BCUT2D eigenvalue weighted by Gasteiger charge is 2.22. The molecule has 1 fully saturated rings. The van der Waals surface area contributed by atoms with E-state index in [1.165, 1.54) is 0 Å². The second kappa shape index (κ2) is 15.4. The predicted molar refractivity (Wildman–Crippen MR) is 134 cm³/mol. The Morgan fingerprint density at radius 3 is 1.46 bits per heavy atom. The van der Waals surface area contributed by atoms with Gasteiger partial charge in [-0.2, -0.15) is 0 Å². The monoisotopic (exact) mass is 526 g/mol. The number of aliphatic carboxylic acids is 3. The first kappa shape index (κ1) is 30.4. The van der Waals surface area contributed by atoms with Gasteiger partial charge in [-0.3, -0.25) is 38.7 Å². The standard InChI is InChI=1S/C24H38N4O9/c1-2-37-24-18(22(35)23(24)36)5-3-4-6-25-7-9-26(15-19(29)30)11-13-28(17-21(33)34)14-12-27(10-8-25)16-20(31)32/h2-17H2,1H3,(H,29,30)(H,31,32)(H,33,34). The zero-order valence-electron chi connectivity index (χ0n) is 21.4. The van der Waals surface area contributed by atoms with E-state index in [1.807, 2.05) is 0 Å². The van der Waals surface area contributed by atoms with Crippen LogP contribution in [0.5, 0.6) is 5.75 Å². The molecule has 1 heterocycles. The number of carboxylic acid groups (broad SMARTS) is 3. The maximum absolute atomic E-state index is 11.8. The smallest absolute Gasteiger partial charge is 0.317 e. The van der Waals surface area contributed by atoms with Crippen LogP contribution in [0.4, 0.5) is 0 Å². The number of ether oxygens (including phenoxy) is 1. The van der Waals surface area contributed by atoms with Gasteiger partial charge in [0.15, 0.2) is 5.75 Å². The Morgan fingerprint density at radius 1 is 0.676 bits per heavy atom. The highest BCUT2D eigenvalue weighted by atomic mass is 16.5. The van der Waals surface area contributed by atoms with Gasteiger partial charge in [-0.25, -0.2) is 0 Å². The summed E-state index contributed by atoms with van der Waals surface area (Å²) in [6.07, 6.45) is 1.85. The number of nitrogens with zero attached hydrogens (tertiary/aromatic N) is 4. The molecule has 1 aromatic carbocycles. The van der Waals surface area contributed by atoms with Crippen molar-refractivity contribution in [2.75, 3.05) is 85.1 Å². The largest absolute Gasteiger partial charge is 0.489 e. The number of hydrogen-bond acceptors (Lipinski definition) is 10. The average Bonchev–Trinajstić information content (AvgIpc) is 2.82. The zero-order valence-corrected chi connectivity index (χ0v) is 21.4. The lowest BCUT2D eigenvalue weighted by Gasteiger charge is -2.33. The lowest BCUT2D eigenvalue weighted by Crippen LogP contribution is -2.48. The van der Waals surface area contributed by atoms with Gasteiger partial charge >= 0.3 is 17.9 Å². The second-order valence-corrected chi connectivity index (χ2v) is 9.21. The summed E-state index contributed by atoms with van der Waals surface area (Å²) in [5.41, 5.74) is -0.620. The van der Waals surface area contributed by atoms with E-state index in [-0.39, 0.29) is 25.4 Å². The van der Waals surface area contributed by atoms with Crippen LogP contribution in [-0.4, -0.2) is 138 Å². The molecule has 208 valence electrons. The first-order valence-electron chi connectivity index (χ1n) is 12.6. The Bertz CT molecular complexity index is 944. The molecule has 0 saturated carbocycles. The van der Waals surface area contributed by atoms with Crippen LogP contribution >= 0.6 is 0 Å². The molecule has 1 aliphatic rings. The van der Waals surface area contributed by atoms with Gasteiger partial charge in [-0.15, -0.1) is 0 Å². The Labute approximate surface area is 215 Å². The van der Waals surface area contributed by atoms with Crippen molar-refractivity contribution in [3.05, 3.63) is 26.0 Å². The van der Waals surface area contributed by atoms with Crippen molar-refractivity contribution in [2.24, 2.45) is 0 Å². The van der Waals surface area contributed by atoms with Crippen LogP contribution in [0.15, 0.2) is 9.59 Å². The molecule has 0 aliphatic carbocycles. The molecule has 13 nitrogen and oxygen atoms in total. The van der Waals surface area contributed by atoms with Crippen LogP contribution in [0, 0.1) is 0 Å². The fraction of sp³-hybridized carbons (Fsp3) is 0.708. The van der Waals surface area contributed by atoms with Gasteiger partial charge in [0.2, 0.25) is 5.43 Å². The van der Waals surface area contributed by atoms with E-state index in [0.717, 1.165) is 6.42 Å². The molecule has 13 heteroatoms. The SMILES string of the molecule is CCOc1c(CCCCN2CCN(CC(=O)O)CCN(CC(=O)O)CCN(CC(=O)O)CC2)c(=O)c1=O. The van der Waals surface area contributed by atoms with Gasteiger partial charge in [-0.05, 0) is 32.7 Å². The lowest BCUT2D eigenvalue weighted by molar-refractivity contribution is -0.140. The third-order valence-electron chi connectivity index (χ3n) is 6.41. The van der Waals surface area contributed by atoms with Crippen LogP contribution in [0.3, 0.4) is 0 Å². The van der Waals surface area contributed by atoms with Gasteiger partial charge in [-0.1, -0.05) is 0 Å². The molecule has 1 saturated heterocycles. The van der Waals surface area contributed by atoms with Crippen LogP contribution in [0.1, 0.15) is 25.3 Å². The van der Waals surface area contributed by atoms with Crippen molar-refractivity contribution in [1.82, 2.24) is 19.6 Å². The molecule has 0 spiro atoms. The van der Waals surface area contributed by atoms with Crippen LogP contribution in [-0.2, 0) is 20.8 Å². The Morgan fingerprint density at radius 2 is 1.08 bits per heavy atom. The van der Waals surface area contributed by atoms with Crippen molar-refractivity contribution in [3.63, 3.8) is 0 Å². The highest BCUT2D eigenvalue weighted by Crippen LogP contribution is 2.14. The van der Waals surface area contributed by atoms with Crippen molar-refractivity contribution >= 4 is 17.9 Å². The summed E-state index contributed by atoms with van der Waals surface area (Å²) < 4.78 is 5.27. The van der Waals surface area contributed by atoms with Gasteiger partial charge in [0.05, 0.1) is 26.2 Å². The van der Waals surface area contributed by atoms with E-state index in [4.69, 9.17) is 4.74 Å². The summed E-state index contributed by atoms with van der Waals surface area (Å²) in [7, 11) is 0. The fourth-order valence-electron chi connectivity index (χ4n) is 4.43. The topological polar surface area (TPSA) is 168 Å². The molecule has 0 aromatic heterocycles. The van der Waals surface area contributed by atoms with Gasteiger partial charge in [0.25, 0.3) is 5.43 Å². The molecule has 1 aromatic rings. The van der Waals surface area contributed by atoms with Crippen molar-refractivity contribution in [2.45, 2.75) is 26.2 Å². The highest BCUT2D eigenvalue weighted by molar-refractivity contribution is 5.69. The quantitative estimate of drug-likeness (QED) is 0.200. The van der Waals surface area contributed by atoms with Crippen molar-refractivity contribution in [1.29, 1.82) is 0 Å². The molecule has 0 radical (unpaired) electrons. The number of carboxylic acids is 3. The van der Waals surface area contributed by atoms with Crippen LogP contribution < -0.4 is 15.6 Å². The summed E-state index contributed by atoms with van der Waals surface area (Å²) >= 11 is 0. The second-order valence-electron chi connectivity index (χ2n) is 9.21. The lowest BCUT2D eigenvalue weighted by atomic mass is 10.0. The summed E-state index contributed by atoms with van der Waals surface area (Å²) in [5, 5.41) is 27.9. The van der Waals surface area contributed by atoms with E-state index in [9.17, 15) is 39.3 Å². The fourth-order valence-corrected chi connectivity index (χ4v) is 4.43. The maximum atomic E-state index is 11.8. The maximum Gasteiger partial charge on any atom is 0.317 e. The predicted octanol–water partition coefficient (Wildman–Crippen LogP) is -1.52. The van der Waals surface area contributed by atoms with Gasteiger partial charge < -0.3 is 25.0 Å². The van der Waals surface area contributed by atoms with E-state index in [2.05, 4.69) is 4.90 Å². The van der Waals surface area contributed by atoms with E-state index < -0.39 is 28.8 Å². The summed E-state index contributed by atoms with van der Waals surface area (Å²) in [5.74, 6) is -2.75. The molecule has 1 aliphatic heterocycles. The molecule has 0 amide bonds. The number of rotatable bonds is 13. The van der Waals surface area contributed by atoms with Crippen molar-refractivity contribution in [3.8, 4) is 5.75 Å².